The Hall–Kier alpha value is -2.05. The molecule has 2 heterocycles. The molecule has 1 amide bonds. The van der Waals surface area contributed by atoms with Crippen LogP contribution in [0.3, 0.4) is 0 Å². The van der Waals surface area contributed by atoms with E-state index in [0.29, 0.717) is 11.5 Å². The number of carbonyl (C=O) groups excluding carboxylic acids is 1. The van der Waals surface area contributed by atoms with Crippen molar-refractivity contribution in [1.29, 1.82) is 0 Å². The number of likely N-dealkylation sites (N-methyl/N-ethyl adjacent to an activating group) is 1. The lowest BCUT2D eigenvalue weighted by Gasteiger charge is -2.37. The van der Waals surface area contributed by atoms with Crippen LogP contribution in [0.25, 0.3) is 0 Å². The smallest absolute Gasteiger partial charge is 0.278 e. The van der Waals surface area contributed by atoms with E-state index in [1.807, 2.05) is 25.8 Å². The van der Waals surface area contributed by atoms with E-state index in [9.17, 15) is 9.59 Å². The summed E-state index contributed by atoms with van der Waals surface area (Å²) >= 11 is 0. The van der Waals surface area contributed by atoms with Gasteiger partial charge in [0.15, 0.2) is 5.82 Å². The van der Waals surface area contributed by atoms with Crippen molar-refractivity contribution in [2.45, 2.75) is 46.7 Å². The van der Waals surface area contributed by atoms with E-state index < -0.39 is 5.41 Å². The Morgan fingerprint density at radius 2 is 1.95 bits per heavy atom. The molecule has 1 aliphatic rings. The summed E-state index contributed by atoms with van der Waals surface area (Å²) in [5.74, 6) is 0.466. The molecule has 2 atom stereocenters. The van der Waals surface area contributed by atoms with Crippen molar-refractivity contribution in [2.24, 2.45) is 5.41 Å². The summed E-state index contributed by atoms with van der Waals surface area (Å²) in [6.07, 6.45) is 0. The van der Waals surface area contributed by atoms with Gasteiger partial charge in [-0.3, -0.25) is 19.9 Å². The highest BCUT2D eigenvalue weighted by molar-refractivity contribution is 5.93. The van der Waals surface area contributed by atoms with Crippen molar-refractivity contribution in [3.63, 3.8) is 0 Å². The minimum atomic E-state index is -0.555. The van der Waals surface area contributed by atoms with Gasteiger partial charge in [-0.15, -0.1) is 0 Å². The van der Waals surface area contributed by atoms with E-state index in [0.717, 1.165) is 0 Å². The van der Waals surface area contributed by atoms with Gasteiger partial charge in [-0.2, -0.15) is 4.98 Å². The molecule has 1 aromatic rings. The van der Waals surface area contributed by atoms with Crippen molar-refractivity contribution >= 4 is 23.4 Å². The lowest BCUT2D eigenvalue weighted by atomic mass is 9.96. The number of nitrogens with zero attached hydrogens (tertiary/aromatic N) is 2. The van der Waals surface area contributed by atoms with Crippen LogP contribution in [0.15, 0.2) is 4.79 Å². The molecule has 1 aliphatic heterocycles. The first-order valence-electron chi connectivity index (χ1n) is 7.06. The predicted octanol–water partition coefficient (Wildman–Crippen LogP) is 1.39. The molecule has 7 heteroatoms. The van der Waals surface area contributed by atoms with Crippen LogP contribution in [0, 0.1) is 5.41 Å². The monoisotopic (exact) mass is 293 g/mol. The summed E-state index contributed by atoms with van der Waals surface area (Å²) < 4.78 is 0. The van der Waals surface area contributed by atoms with E-state index >= 15 is 0 Å². The molecule has 116 valence electrons. The van der Waals surface area contributed by atoms with Gasteiger partial charge in [-0.05, 0) is 13.8 Å². The maximum absolute atomic E-state index is 12.2. The molecule has 0 radical (unpaired) electrons. The highest BCUT2D eigenvalue weighted by Crippen LogP contribution is 2.28. The zero-order valence-electron chi connectivity index (χ0n) is 13.4. The van der Waals surface area contributed by atoms with Crippen molar-refractivity contribution in [2.75, 3.05) is 22.6 Å². The lowest BCUT2D eigenvalue weighted by Crippen LogP contribution is -2.48. The second-order valence-corrected chi connectivity index (χ2v) is 6.60. The quantitative estimate of drug-likeness (QED) is 0.728. The molecule has 0 aromatic carbocycles. The van der Waals surface area contributed by atoms with E-state index in [-0.39, 0.29) is 29.5 Å². The standard InChI is InChI=1S/C14H23N5O2/c1-7-8(2)19(6)9-10(15-7)16-13(17-11(9)20)18-12(21)14(3,4)5/h7-8H,1-6H3,(H3,15,16,17,18,20,21)/t7-,8-/m1/s1. The Labute approximate surface area is 124 Å². The molecule has 0 bridgehead atoms. The average Bonchev–Trinajstić information content (AvgIpc) is 2.34. The number of aromatic nitrogens is 2. The first-order valence-corrected chi connectivity index (χ1v) is 7.06. The summed E-state index contributed by atoms with van der Waals surface area (Å²) in [5.41, 5.74) is -0.326. The largest absolute Gasteiger partial charge is 0.364 e. The van der Waals surface area contributed by atoms with Gasteiger partial charge in [-0.1, -0.05) is 20.8 Å². The Kier molecular flexibility index (Phi) is 3.69. The number of nitrogens with one attached hydrogen (secondary N) is 3. The molecular weight excluding hydrogens is 270 g/mol. The lowest BCUT2D eigenvalue weighted by molar-refractivity contribution is -0.123. The van der Waals surface area contributed by atoms with E-state index in [2.05, 4.69) is 20.6 Å². The van der Waals surface area contributed by atoms with Gasteiger partial charge in [0.25, 0.3) is 5.56 Å². The molecule has 0 spiro atoms. The van der Waals surface area contributed by atoms with Crippen LogP contribution in [0.1, 0.15) is 34.6 Å². The van der Waals surface area contributed by atoms with Crippen LogP contribution in [0.4, 0.5) is 17.5 Å². The molecule has 1 aromatic heterocycles. The van der Waals surface area contributed by atoms with Gasteiger partial charge in [0.1, 0.15) is 5.69 Å². The summed E-state index contributed by atoms with van der Waals surface area (Å²) in [5, 5.41) is 5.86. The number of anilines is 3. The van der Waals surface area contributed by atoms with Crippen LogP contribution in [-0.4, -0.2) is 35.0 Å². The minimum absolute atomic E-state index is 0.156. The third kappa shape index (κ3) is 2.86. The maximum atomic E-state index is 12.2. The summed E-state index contributed by atoms with van der Waals surface area (Å²) in [6, 6.07) is 0.332. The maximum Gasteiger partial charge on any atom is 0.278 e. The number of hydrogen-bond acceptors (Lipinski definition) is 5. The fourth-order valence-electron chi connectivity index (χ4n) is 2.12. The van der Waals surface area contributed by atoms with E-state index in [1.165, 1.54) is 0 Å². The molecule has 0 saturated carbocycles. The molecule has 7 nitrogen and oxygen atoms in total. The second kappa shape index (κ2) is 5.05. The highest BCUT2D eigenvalue weighted by Gasteiger charge is 2.30. The van der Waals surface area contributed by atoms with Crippen LogP contribution in [-0.2, 0) is 4.79 Å². The second-order valence-electron chi connectivity index (χ2n) is 6.60. The normalized spacial score (nSPS) is 21.5. The zero-order valence-corrected chi connectivity index (χ0v) is 13.4. The number of carbonyl (C=O) groups is 1. The molecule has 0 aliphatic carbocycles. The Balaban J connectivity index is 2.38. The van der Waals surface area contributed by atoms with Gasteiger partial charge in [0.2, 0.25) is 11.9 Å². The van der Waals surface area contributed by atoms with Crippen molar-refractivity contribution < 1.29 is 4.79 Å². The van der Waals surface area contributed by atoms with Gasteiger partial charge in [-0.25, -0.2) is 0 Å². The predicted molar refractivity (Wildman–Crippen MR) is 83.9 cm³/mol. The molecule has 0 saturated heterocycles. The minimum Gasteiger partial charge on any atom is -0.364 e. The van der Waals surface area contributed by atoms with Crippen molar-refractivity contribution in [3.05, 3.63) is 10.4 Å². The fourth-order valence-corrected chi connectivity index (χ4v) is 2.12. The summed E-state index contributed by atoms with van der Waals surface area (Å²) in [6.45, 7) is 9.47. The first-order chi connectivity index (χ1) is 9.61. The van der Waals surface area contributed by atoms with E-state index in [1.54, 1.807) is 20.8 Å². The third-order valence-electron chi connectivity index (χ3n) is 3.86. The Morgan fingerprint density at radius 1 is 1.33 bits per heavy atom. The number of rotatable bonds is 1. The van der Waals surface area contributed by atoms with Gasteiger partial charge in [0.05, 0.1) is 0 Å². The first kappa shape index (κ1) is 15.3. The Morgan fingerprint density at radius 3 is 2.52 bits per heavy atom. The highest BCUT2D eigenvalue weighted by atomic mass is 16.2. The topological polar surface area (TPSA) is 90.1 Å². The van der Waals surface area contributed by atoms with Crippen LogP contribution in [0.2, 0.25) is 0 Å². The summed E-state index contributed by atoms with van der Waals surface area (Å²) in [7, 11) is 1.87. The molecule has 0 unspecified atom stereocenters. The molecule has 3 N–H and O–H groups in total. The van der Waals surface area contributed by atoms with Crippen molar-refractivity contribution in [1.82, 2.24) is 9.97 Å². The van der Waals surface area contributed by atoms with Gasteiger partial charge >= 0.3 is 0 Å². The third-order valence-corrected chi connectivity index (χ3v) is 3.86. The Bertz CT molecular complexity index is 617. The number of aromatic amines is 1. The fraction of sp³-hybridized carbons (Fsp3) is 0.643. The SMILES string of the molecule is C[C@@H]1[C@@H](C)Nc2nc(NC(=O)C(C)(C)C)[nH]c(=O)c2N1C. The van der Waals surface area contributed by atoms with Crippen LogP contribution < -0.4 is 21.1 Å². The number of H-pyrrole nitrogens is 1. The average molecular weight is 293 g/mol. The molecule has 21 heavy (non-hydrogen) atoms. The number of fused-ring (bicyclic) bond motifs is 1. The molecule has 0 fully saturated rings. The number of hydrogen-bond donors (Lipinski definition) is 3. The van der Waals surface area contributed by atoms with Crippen molar-refractivity contribution in [3.8, 4) is 0 Å². The van der Waals surface area contributed by atoms with Gasteiger partial charge in [0, 0.05) is 24.5 Å². The van der Waals surface area contributed by atoms with Crippen LogP contribution in [0.5, 0.6) is 0 Å². The summed E-state index contributed by atoms with van der Waals surface area (Å²) in [4.78, 5) is 33.1. The molecule has 2 rings (SSSR count). The van der Waals surface area contributed by atoms with Gasteiger partial charge < -0.3 is 10.2 Å². The zero-order chi connectivity index (χ0) is 15.9. The van der Waals surface area contributed by atoms with E-state index in [4.69, 9.17) is 0 Å². The van der Waals surface area contributed by atoms with Crippen LogP contribution >= 0.6 is 0 Å². The number of amides is 1. The molecular formula is C14H23N5O2.